The summed E-state index contributed by atoms with van der Waals surface area (Å²) in [5.74, 6) is 0. The molecule has 0 spiro atoms. The van der Waals surface area contributed by atoms with Crippen LogP contribution in [0.5, 0.6) is 0 Å². The summed E-state index contributed by atoms with van der Waals surface area (Å²) in [5, 5.41) is 5.53. The van der Waals surface area contributed by atoms with Crippen molar-refractivity contribution in [1.82, 2.24) is 0 Å². The van der Waals surface area contributed by atoms with Crippen LogP contribution in [0, 0.1) is 0 Å². The number of benzene rings is 3. The van der Waals surface area contributed by atoms with E-state index >= 15 is 0 Å². The minimum absolute atomic E-state index is 1.17. The van der Waals surface area contributed by atoms with Crippen LogP contribution >= 0.6 is 0 Å². The molecule has 0 radical (unpaired) electrons. The molecule has 0 nitrogen and oxygen atoms in total. The van der Waals surface area contributed by atoms with E-state index in [1.165, 1.54) is 51.1 Å². The molecule has 3 aromatic rings. The zero-order valence-corrected chi connectivity index (χ0v) is 11.1. The molecule has 0 N–H and O–H groups in total. The average Bonchev–Trinajstić information content (AvgIpc) is 2.47. The summed E-state index contributed by atoms with van der Waals surface area (Å²) < 4.78 is 0. The van der Waals surface area contributed by atoms with Crippen molar-refractivity contribution in [2.75, 3.05) is 0 Å². The summed E-state index contributed by atoms with van der Waals surface area (Å²) in [6, 6.07) is 17.8. The molecule has 0 aliphatic heterocycles. The molecule has 1 aliphatic rings. The van der Waals surface area contributed by atoms with Crippen LogP contribution in [0.15, 0.2) is 54.6 Å². The van der Waals surface area contributed by atoms with Gasteiger partial charge >= 0.3 is 0 Å². The van der Waals surface area contributed by atoms with Crippen molar-refractivity contribution in [3.05, 3.63) is 65.7 Å². The standard InChI is InChI=1S/C19H16/c1-13-5-4-8-17-15(13)11-12-18-16-7-3-2-6-14(16)9-10-19(17)18/h2-3,5-7,9-12H,4,8H2,1H3. The first-order valence-electron chi connectivity index (χ1n) is 6.95. The van der Waals surface area contributed by atoms with Gasteiger partial charge in [0, 0.05) is 0 Å². The summed E-state index contributed by atoms with van der Waals surface area (Å²) >= 11 is 0. The number of aryl methyl sites for hydroxylation is 1. The van der Waals surface area contributed by atoms with Gasteiger partial charge in [-0.05, 0) is 58.0 Å². The monoisotopic (exact) mass is 244 g/mol. The van der Waals surface area contributed by atoms with Crippen molar-refractivity contribution in [2.24, 2.45) is 0 Å². The zero-order chi connectivity index (χ0) is 12.8. The Morgan fingerprint density at radius 2 is 1.63 bits per heavy atom. The van der Waals surface area contributed by atoms with Crippen LogP contribution in [0.4, 0.5) is 0 Å². The normalized spacial score (nSPS) is 14.5. The highest BCUT2D eigenvalue weighted by molar-refractivity contribution is 6.09. The molecule has 92 valence electrons. The summed E-state index contributed by atoms with van der Waals surface area (Å²) in [6.45, 7) is 2.23. The van der Waals surface area contributed by atoms with E-state index in [0.717, 1.165) is 0 Å². The molecule has 0 atom stereocenters. The molecule has 0 heterocycles. The third-order valence-electron chi connectivity index (χ3n) is 4.31. The van der Waals surface area contributed by atoms with Crippen LogP contribution in [0.3, 0.4) is 0 Å². The second kappa shape index (κ2) is 3.96. The molecule has 0 unspecified atom stereocenters. The number of allylic oxidation sites excluding steroid dienone is 2. The molecule has 0 fully saturated rings. The average molecular weight is 244 g/mol. The number of rotatable bonds is 0. The Balaban J connectivity index is 2.16. The van der Waals surface area contributed by atoms with Gasteiger partial charge in [0.05, 0.1) is 0 Å². The van der Waals surface area contributed by atoms with Crippen molar-refractivity contribution in [1.29, 1.82) is 0 Å². The van der Waals surface area contributed by atoms with E-state index in [4.69, 9.17) is 0 Å². The van der Waals surface area contributed by atoms with Crippen LogP contribution in [0.25, 0.3) is 27.1 Å². The smallest absolute Gasteiger partial charge is 0.0102 e. The predicted molar refractivity (Wildman–Crippen MR) is 83.4 cm³/mol. The minimum atomic E-state index is 1.17. The Labute approximate surface area is 113 Å². The molecular formula is C19H16. The first-order valence-corrected chi connectivity index (χ1v) is 6.95. The predicted octanol–water partition coefficient (Wildman–Crippen LogP) is 5.34. The Bertz CT molecular complexity index is 822. The van der Waals surface area contributed by atoms with E-state index < -0.39 is 0 Å². The summed E-state index contributed by atoms with van der Waals surface area (Å²) in [4.78, 5) is 0. The zero-order valence-electron chi connectivity index (χ0n) is 11.1. The van der Waals surface area contributed by atoms with Crippen molar-refractivity contribution in [2.45, 2.75) is 19.8 Å². The highest BCUT2D eigenvalue weighted by Crippen LogP contribution is 2.35. The van der Waals surface area contributed by atoms with Crippen molar-refractivity contribution < 1.29 is 0 Å². The third-order valence-corrected chi connectivity index (χ3v) is 4.31. The number of hydrogen-bond acceptors (Lipinski definition) is 0. The van der Waals surface area contributed by atoms with Gasteiger partial charge in [-0.2, -0.15) is 0 Å². The highest BCUT2D eigenvalue weighted by atomic mass is 14.2. The fourth-order valence-corrected chi connectivity index (χ4v) is 3.33. The van der Waals surface area contributed by atoms with Crippen LogP contribution in [0.1, 0.15) is 24.5 Å². The van der Waals surface area contributed by atoms with Gasteiger partial charge in [-0.1, -0.05) is 54.6 Å². The van der Waals surface area contributed by atoms with E-state index in [0.29, 0.717) is 0 Å². The summed E-state index contributed by atoms with van der Waals surface area (Å²) in [7, 11) is 0. The fourth-order valence-electron chi connectivity index (χ4n) is 3.33. The Hall–Kier alpha value is -2.08. The van der Waals surface area contributed by atoms with Crippen molar-refractivity contribution in [3.8, 4) is 0 Å². The van der Waals surface area contributed by atoms with E-state index in [-0.39, 0.29) is 0 Å². The quantitative estimate of drug-likeness (QED) is 0.468. The largest absolute Gasteiger partial charge is 0.0807 e. The van der Waals surface area contributed by atoms with Gasteiger partial charge in [0.15, 0.2) is 0 Å². The van der Waals surface area contributed by atoms with E-state index in [2.05, 4.69) is 61.5 Å². The first-order chi connectivity index (χ1) is 9.34. The first kappa shape index (κ1) is 10.8. The van der Waals surface area contributed by atoms with E-state index in [1.807, 2.05) is 0 Å². The number of hydrogen-bond donors (Lipinski definition) is 0. The van der Waals surface area contributed by atoms with Crippen LogP contribution in [-0.4, -0.2) is 0 Å². The molecule has 0 saturated heterocycles. The molecule has 1 aliphatic carbocycles. The highest BCUT2D eigenvalue weighted by Gasteiger charge is 2.13. The van der Waals surface area contributed by atoms with E-state index in [1.54, 1.807) is 0 Å². The summed E-state index contributed by atoms with van der Waals surface area (Å²) in [5.41, 5.74) is 4.40. The Kier molecular flexibility index (Phi) is 2.25. The number of fused-ring (bicyclic) bond motifs is 5. The Morgan fingerprint density at radius 3 is 2.58 bits per heavy atom. The van der Waals surface area contributed by atoms with Crippen molar-refractivity contribution >= 4 is 27.1 Å². The van der Waals surface area contributed by atoms with Gasteiger partial charge in [-0.25, -0.2) is 0 Å². The third kappa shape index (κ3) is 1.53. The molecule has 3 aromatic carbocycles. The van der Waals surface area contributed by atoms with Crippen molar-refractivity contribution in [3.63, 3.8) is 0 Å². The Morgan fingerprint density at radius 1 is 0.789 bits per heavy atom. The van der Waals surface area contributed by atoms with Gasteiger partial charge in [-0.15, -0.1) is 0 Å². The molecule has 0 bridgehead atoms. The van der Waals surface area contributed by atoms with Crippen LogP contribution in [0.2, 0.25) is 0 Å². The lowest BCUT2D eigenvalue weighted by molar-refractivity contribution is 0.987. The van der Waals surface area contributed by atoms with Crippen LogP contribution in [-0.2, 0) is 6.42 Å². The molecule has 0 heteroatoms. The fraction of sp³-hybridized carbons (Fsp3) is 0.158. The van der Waals surface area contributed by atoms with Gasteiger partial charge in [0.1, 0.15) is 0 Å². The van der Waals surface area contributed by atoms with Gasteiger partial charge < -0.3 is 0 Å². The SMILES string of the molecule is CC1=CCCc2c1ccc1c2ccc2ccccc21. The molecule has 0 saturated carbocycles. The van der Waals surface area contributed by atoms with Gasteiger partial charge in [-0.3, -0.25) is 0 Å². The maximum absolute atomic E-state index is 2.36. The lowest BCUT2D eigenvalue weighted by Crippen LogP contribution is -1.99. The van der Waals surface area contributed by atoms with E-state index in [9.17, 15) is 0 Å². The molecule has 0 aromatic heterocycles. The van der Waals surface area contributed by atoms with Gasteiger partial charge in [0.2, 0.25) is 0 Å². The molecular weight excluding hydrogens is 228 g/mol. The maximum Gasteiger partial charge on any atom is -0.0102 e. The lowest BCUT2D eigenvalue weighted by atomic mass is 9.86. The molecule has 4 rings (SSSR count). The second-order valence-electron chi connectivity index (χ2n) is 5.40. The molecule has 0 amide bonds. The lowest BCUT2D eigenvalue weighted by Gasteiger charge is -2.18. The molecule has 19 heavy (non-hydrogen) atoms. The topological polar surface area (TPSA) is 0 Å². The minimum Gasteiger partial charge on any atom is -0.0807 e. The maximum atomic E-state index is 2.36. The van der Waals surface area contributed by atoms with Crippen LogP contribution < -0.4 is 0 Å². The second-order valence-corrected chi connectivity index (χ2v) is 5.40. The van der Waals surface area contributed by atoms with Gasteiger partial charge in [0.25, 0.3) is 0 Å². The summed E-state index contributed by atoms with van der Waals surface area (Å²) in [6.07, 6.45) is 4.70.